The summed E-state index contributed by atoms with van der Waals surface area (Å²) in [7, 11) is 0. The van der Waals surface area contributed by atoms with E-state index >= 15 is 0 Å². The van der Waals surface area contributed by atoms with E-state index in [9.17, 15) is 14.5 Å². The fraction of sp³-hybridized carbons (Fsp3) is 0.143. The first-order chi connectivity index (χ1) is 10.1. The van der Waals surface area contributed by atoms with E-state index in [1.807, 2.05) is 0 Å². The molecule has 0 atom stereocenters. The van der Waals surface area contributed by atoms with Crippen molar-refractivity contribution in [1.29, 1.82) is 0 Å². The summed E-state index contributed by atoms with van der Waals surface area (Å²) in [5, 5.41) is 13.8. The van der Waals surface area contributed by atoms with Crippen molar-refractivity contribution < 1.29 is 18.8 Å². The molecule has 0 aromatic heterocycles. The number of nitrogens with one attached hydrogen (secondary N) is 1. The first-order valence-corrected chi connectivity index (χ1v) is 6.19. The summed E-state index contributed by atoms with van der Waals surface area (Å²) < 4.78 is 23.8. The molecule has 108 valence electrons. The maximum Gasteiger partial charge on any atom is 0.272 e. The number of nitro groups is 1. The quantitative estimate of drug-likeness (QED) is 0.692. The Bertz CT molecular complexity index is 705. The highest BCUT2D eigenvalue weighted by Gasteiger charge is 2.13. The van der Waals surface area contributed by atoms with Crippen LogP contribution in [0.1, 0.15) is 5.56 Å². The molecule has 1 aliphatic heterocycles. The monoisotopic (exact) mass is 290 g/mol. The van der Waals surface area contributed by atoms with Gasteiger partial charge in [-0.2, -0.15) is 0 Å². The number of rotatable bonds is 4. The number of fused-ring (bicyclic) bond motifs is 1. The van der Waals surface area contributed by atoms with Crippen molar-refractivity contribution in [2.24, 2.45) is 0 Å². The van der Waals surface area contributed by atoms with Gasteiger partial charge in [-0.3, -0.25) is 10.1 Å². The van der Waals surface area contributed by atoms with Gasteiger partial charge in [0.05, 0.1) is 11.0 Å². The average molecular weight is 290 g/mol. The number of ether oxygens (including phenoxy) is 2. The summed E-state index contributed by atoms with van der Waals surface area (Å²) >= 11 is 0. The highest BCUT2D eigenvalue weighted by Crippen LogP contribution is 2.34. The fourth-order valence-corrected chi connectivity index (χ4v) is 2.05. The van der Waals surface area contributed by atoms with E-state index in [1.165, 1.54) is 12.1 Å². The van der Waals surface area contributed by atoms with Gasteiger partial charge in [-0.25, -0.2) is 4.39 Å². The molecule has 0 bridgehead atoms. The zero-order valence-electron chi connectivity index (χ0n) is 10.8. The minimum absolute atomic E-state index is 0.189. The van der Waals surface area contributed by atoms with E-state index in [0.29, 0.717) is 17.1 Å². The molecule has 21 heavy (non-hydrogen) atoms. The number of benzene rings is 2. The van der Waals surface area contributed by atoms with E-state index in [1.54, 1.807) is 18.2 Å². The third-order valence-electron chi connectivity index (χ3n) is 3.02. The Morgan fingerprint density at radius 3 is 2.81 bits per heavy atom. The molecule has 0 saturated carbocycles. The second kappa shape index (κ2) is 5.28. The van der Waals surface area contributed by atoms with Crippen LogP contribution >= 0.6 is 0 Å². The predicted octanol–water partition coefficient (Wildman–Crippen LogP) is 3.07. The van der Waals surface area contributed by atoms with Crippen molar-refractivity contribution >= 4 is 11.4 Å². The minimum atomic E-state index is -0.633. The van der Waals surface area contributed by atoms with Crippen molar-refractivity contribution in [1.82, 2.24) is 0 Å². The van der Waals surface area contributed by atoms with E-state index in [0.717, 1.165) is 11.8 Å². The molecule has 0 aliphatic carbocycles. The number of hydrogen-bond donors (Lipinski definition) is 1. The Morgan fingerprint density at radius 2 is 2.00 bits per heavy atom. The molecule has 0 radical (unpaired) electrons. The van der Waals surface area contributed by atoms with Gasteiger partial charge < -0.3 is 14.8 Å². The molecule has 2 aromatic rings. The molecule has 3 rings (SSSR count). The van der Waals surface area contributed by atoms with Crippen molar-refractivity contribution in [2.45, 2.75) is 6.54 Å². The molecule has 7 heteroatoms. The second-order valence-electron chi connectivity index (χ2n) is 4.50. The number of nitrogens with zero attached hydrogens (tertiary/aromatic N) is 1. The number of anilines is 1. The summed E-state index contributed by atoms with van der Waals surface area (Å²) in [6.07, 6.45) is 0. The first kappa shape index (κ1) is 13.2. The topological polar surface area (TPSA) is 73.6 Å². The van der Waals surface area contributed by atoms with Gasteiger partial charge in [0.1, 0.15) is 5.82 Å². The number of nitro benzene ring substituents is 1. The molecule has 2 aromatic carbocycles. The smallest absolute Gasteiger partial charge is 0.272 e. The maximum absolute atomic E-state index is 13.3. The number of hydrogen-bond acceptors (Lipinski definition) is 5. The van der Waals surface area contributed by atoms with Gasteiger partial charge in [0.2, 0.25) is 6.79 Å². The third kappa shape index (κ3) is 2.86. The van der Waals surface area contributed by atoms with Gasteiger partial charge in [-0.15, -0.1) is 0 Å². The molecule has 1 N–H and O–H groups in total. The first-order valence-electron chi connectivity index (χ1n) is 6.19. The lowest BCUT2D eigenvalue weighted by atomic mass is 10.2. The molecule has 0 fully saturated rings. The van der Waals surface area contributed by atoms with Gasteiger partial charge in [0, 0.05) is 24.4 Å². The van der Waals surface area contributed by atoms with E-state index in [2.05, 4.69) is 5.32 Å². The van der Waals surface area contributed by atoms with Crippen LogP contribution in [0.2, 0.25) is 0 Å². The molecule has 1 aliphatic rings. The lowest BCUT2D eigenvalue weighted by Gasteiger charge is -2.07. The van der Waals surface area contributed by atoms with E-state index < -0.39 is 10.7 Å². The van der Waals surface area contributed by atoms with Crippen LogP contribution in [0.4, 0.5) is 15.8 Å². The summed E-state index contributed by atoms with van der Waals surface area (Å²) in [6, 6.07) is 8.80. The lowest BCUT2D eigenvalue weighted by molar-refractivity contribution is -0.385. The molecule has 0 amide bonds. The van der Waals surface area contributed by atoms with E-state index in [-0.39, 0.29) is 19.0 Å². The van der Waals surface area contributed by atoms with Crippen molar-refractivity contribution in [3.05, 3.63) is 57.9 Å². The molecular formula is C14H11FN2O4. The Hall–Kier alpha value is -2.83. The largest absolute Gasteiger partial charge is 0.454 e. The van der Waals surface area contributed by atoms with Gasteiger partial charge in [-0.1, -0.05) is 0 Å². The van der Waals surface area contributed by atoms with Crippen molar-refractivity contribution in [3.63, 3.8) is 0 Å². The van der Waals surface area contributed by atoms with E-state index in [4.69, 9.17) is 9.47 Å². The van der Waals surface area contributed by atoms with Crippen molar-refractivity contribution in [3.8, 4) is 11.5 Å². The van der Waals surface area contributed by atoms with Gasteiger partial charge in [0.15, 0.2) is 11.5 Å². The van der Waals surface area contributed by atoms with Crippen LogP contribution in [0.25, 0.3) is 0 Å². The maximum atomic E-state index is 13.3. The van der Waals surface area contributed by atoms with Crippen LogP contribution in [0.5, 0.6) is 11.5 Å². The Kier molecular flexibility index (Phi) is 3.31. The molecule has 6 nitrogen and oxygen atoms in total. The Morgan fingerprint density at radius 1 is 1.19 bits per heavy atom. The standard InChI is InChI=1S/C14H11FN2O4/c15-10-3-9(4-12(5-10)17(18)19)7-16-11-1-2-13-14(6-11)21-8-20-13/h1-6,16H,7-8H2. The van der Waals surface area contributed by atoms with Gasteiger partial charge in [0.25, 0.3) is 5.69 Å². The SMILES string of the molecule is O=[N+]([O-])c1cc(F)cc(CNc2ccc3c(c2)OCO3)c1. The third-order valence-corrected chi connectivity index (χ3v) is 3.02. The van der Waals surface area contributed by atoms with Crippen LogP contribution in [-0.2, 0) is 6.54 Å². The molecule has 0 spiro atoms. The van der Waals surface area contributed by atoms with Gasteiger partial charge in [-0.05, 0) is 23.8 Å². The fourth-order valence-electron chi connectivity index (χ4n) is 2.05. The summed E-state index contributed by atoms with van der Waals surface area (Å²) in [5.74, 6) is 0.666. The normalized spacial score (nSPS) is 12.2. The van der Waals surface area contributed by atoms with Crippen LogP contribution in [-0.4, -0.2) is 11.7 Å². The predicted molar refractivity (Wildman–Crippen MR) is 72.9 cm³/mol. The zero-order valence-corrected chi connectivity index (χ0v) is 10.8. The van der Waals surface area contributed by atoms with Gasteiger partial charge >= 0.3 is 0 Å². The van der Waals surface area contributed by atoms with Crippen molar-refractivity contribution in [2.75, 3.05) is 12.1 Å². The minimum Gasteiger partial charge on any atom is -0.454 e. The highest BCUT2D eigenvalue weighted by atomic mass is 19.1. The van der Waals surface area contributed by atoms with Crippen LogP contribution < -0.4 is 14.8 Å². The second-order valence-corrected chi connectivity index (χ2v) is 4.50. The summed E-state index contributed by atoms with van der Waals surface area (Å²) in [6.45, 7) is 0.452. The van der Waals surface area contributed by atoms with Crippen LogP contribution in [0.3, 0.4) is 0 Å². The molecule has 1 heterocycles. The molecule has 0 unspecified atom stereocenters. The summed E-state index contributed by atoms with van der Waals surface area (Å²) in [4.78, 5) is 10.1. The zero-order chi connectivity index (χ0) is 14.8. The average Bonchev–Trinajstić information content (AvgIpc) is 2.92. The summed E-state index contributed by atoms with van der Waals surface area (Å²) in [5.41, 5.74) is 0.975. The molecule has 0 saturated heterocycles. The number of non-ortho nitro benzene ring substituents is 1. The van der Waals surface area contributed by atoms with Crippen LogP contribution in [0, 0.1) is 15.9 Å². The lowest BCUT2D eigenvalue weighted by Crippen LogP contribution is -2.01. The Labute approximate surface area is 119 Å². The van der Waals surface area contributed by atoms with Crippen LogP contribution in [0.15, 0.2) is 36.4 Å². The number of halogens is 1. The Balaban J connectivity index is 1.74. The highest BCUT2D eigenvalue weighted by molar-refractivity contribution is 5.55. The molecular weight excluding hydrogens is 279 g/mol.